The summed E-state index contributed by atoms with van der Waals surface area (Å²) < 4.78 is 1.78. The third-order valence-corrected chi connectivity index (χ3v) is 3.77. The van der Waals surface area contributed by atoms with Gasteiger partial charge in [-0.25, -0.2) is 4.98 Å². The summed E-state index contributed by atoms with van der Waals surface area (Å²) in [6.45, 7) is 0.331. The fourth-order valence-electron chi connectivity index (χ4n) is 1.77. The smallest absolute Gasteiger partial charge is 0.118 e. The molecule has 0 aliphatic heterocycles. The maximum Gasteiger partial charge on any atom is 0.118 e. The highest BCUT2D eigenvalue weighted by Gasteiger charge is 2.30. The van der Waals surface area contributed by atoms with Crippen molar-refractivity contribution in [2.75, 3.05) is 5.75 Å². The quantitative estimate of drug-likeness (QED) is 0.852. The van der Waals surface area contributed by atoms with E-state index in [4.69, 9.17) is 23.2 Å². The summed E-state index contributed by atoms with van der Waals surface area (Å²) in [7, 11) is 0. The van der Waals surface area contributed by atoms with Crippen molar-refractivity contribution < 1.29 is 5.11 Å². The van der Waals surface area contributed by atoms with Gasteiger partial charge in [-0.3, -0.25) is 0 Å². The molecule has 2 rings (SSSR count). The largest absolute Gasteiger partial charge is 0.382 e. The number of nitrogens with zero attached hydrogens (tertiary/aromatic N) is 2. The van der Waals surface area contributed by atoms with Crippen molar-refractivity contribution in [2.45, 2.75) is 12.1 Å². The van der Waals surface area contributed by atoms with E-state index in [1.807, 2.05) is 0 Å². The highest BCUT2D eigenvalue weighted by molar-refractivity contribution is 7.80. The first-order chi connectivity index (χ1) is 8.55. The molecule has 0 fully saturated rings. The van der Waals surface area contributed by atoms with Gasteiger partial charge in [-0.2, -0.15) is 12.6 Å². The standard InChI is InChI=1S/C12H12Cl2N2OS/c13-9-1-2-10(11(14)5-9)12(17,7-18)6-16-4-3-15-8-16/h1-5,8,17-18H,6-7H2/t12-/m1/s1. The molecule has 18 heavy (non-hydrogen) atoms. The van der Waals surface area contributed by atoms with Crippen LogP contribution < -0.4 is 0 Å². The van der Waals surface area contributed by atoms with Crippen LogP contribution in [-0.4, -0.2) is 20.4 Å². The summed E-state index contributed by atoms with van der Waals surface area (Å²) in [5.41, 5.74) is -0.553. The second-order valence-corrected chi connectivity index (χ2v) is 5.21. The summed E-state index contributed by atoms with van der Waals surface area (Å²) in [5.74, 6) is 0.243. The molecule has 0 spiro atoms. The number of aliphatic hydroxyl groups is 1. The van der Waals surface area contributed by atoms with E-state index < -0.39 is 5.60 Å². The van der Waals surface area contributed by atoms with Crippen molar-refractivity contribution in [1.82, 2.24) is 9.55 Å². The van der Waals surface area contributed by atoms with Crippen LogP contribution in [0.5, 0.6) is 0 Å². The van der Waals surface area contributed by atoms with E-state index in [-0.39, 0.29) is 5.75 Å². The zero-order valence-corrected chi connectivity index (χ0v) is 11.8. The molecule has 0 aliphatic rings. The molecule has 1 aromatic carbocycles. The molecule has 96 valence electrons. The molecule has 0 aliphatic carbocycles. The molecular formula is C12H12Cl2N2OS. The number of rotatable bonds is 4. The van der Waals surface area contributed by atoms with Gasteiger partial charge in [0, 0.05) is 33.8 Å². The van der Waals surface area contributed by atoms with E-state index in [9.17, 15) is 5.11 Å². The zero-order chi connectivity index (χ0) is 13.2. The van der Waals surface area contributed by atoms with Gasteiger partial charge in [-0.15, -0.1) is 0 Å². The van der Waals surface area contributed by atoms with Crippen molar-refractivity contribution in [2.24, 2.45) is 0 Å². The van der Waals surface area contributed by atoms with Crippen LogP contribution in [0, 0.1) is 0 Å². The normalized spacial score (nSPS) is 14.4. The lowest BCUT2D eigenvalue weighted by atomic mass is 9.95. The summed E-state index contributed by atoms with van der Waals surface area (Å²) in [4.78, 5) is 3.94. The van der Waals surface area contributed by atoms with Gasteiger partial charge in [-0.1, -0.05) is 29.3 Å². The van der Waals surface area contributed by atoms with Gasteiger partial charge in [0.2, 0.25) is 0 Å². The van der Waals surface area contributed by atoms with Gasteiger partial charge in [0.05, 0.1) is 12.9 Å². The molecule has 1 atom stereocenters. The van der Waals surface area contributed by atoms with Gasteiger partial charge in [0.1, 0.15) is 5.60 Å². The average Bonchev–Trinajstić information content (AvgIpc) is 2.81. The molecule has 0 radical (unpaired) electrons. The van der Waals surface area contributed by atoms with Crippen LogP contribution in [0.3, 0.4) is 0 Å². The van der Waals surface area contributed by atoms with Crippen molar-refractivity contribution in [3.63, 3.8) is 0 Å². The van der Waals surface area contributed by atoms with Crippen LogP contribution in [-0.2, 0) is 12.1 Å². The molecule has 0 amide bonds. The topological polar surface area (TPSA) is 38.0 Å². The molecule has 0 saturated heterocycles. The number of halogens is 2. The van der Waals surface area contributed by atoms with Gasteiger partial charge in [0.15, 0.2) is 0 Å². The van der Waals surface area contributed by atoms with Crippen LogP contribution in [0.1, 0.15) is 5.56 Å². The second kappa shape index (κ2) is 5.53. The fraction of sp³-hybridized carbons (Fsp3) is 0.250. The Hall–Kier alpha value is -0.680. The lowest BCUT2D eigenvalue weighted by Gasteiger charge is -2.28. The van der Waals surface area contributed by atoms with Crippen molar-refractivity contribution in [1.29, 1.82) is 0 Å². The molecule has 6 heteroatoms. The van der Waals surface area contributed by atoms with E-state index in [1.54, 1.807) is 41.5 Å². The maximum atomic E-state index is 10.7. The Bertz CT molecular complexity index is 533. The minimum atomic E-state index is -1.16. The van der Waals surface area contributed by atoms with E-state index >= 15 is 0 Å². The first-order valence-electron chi connectivity index (χ1n) is 5.30. The van der Waals surface area contributed by atoms with E-state index in [2.05, 4.69) is 17.6 Å². The van der Waals surface area contributed by atoms with E-state index in [0.717, 1.165) is 0 Å². The highest BCUT2D eigenvalue weighted by Crippen LogP contribution is 2.32. The summed E-state index contributed by atoms with van der Waals surface area (Å²) in [5, 5.41) is 11.6. The zero-order valence-electron chi connectivity index (χ0n) is 9.42. The lowest BCUT2D eigenvalue weighted by molar-refractivity contribution is 0.0439. The molecule has 1 heterocycles. The summed E-state index contributed by atoms with van der Waals surface area (Å²) in [6.07, 6.45) is 5.07. The molecule has 2 aromatic rings. The highest BCUT2D eigenvalue weighted by atomic mass is 35.5. The average molecular weight is 303 g/mol. The Kier molecular flexibility index (Phi) is 4.22. The predicted molar refractivity (Wildman–Crippen MR) is 76.4 cm³/mol. The van der Waals surface area contributed by atoms with E-state index in [0.29, 0.717) is 22.2 Å². The molecule has 1 aromatic heterocycles. The first-order valence-corrected chi connectivity index (χ1v) is 6.68. The minimum absolute atomic E-state index is 0.243. The fourth-order valence-corrected chi connectivity index (χ4v) is 2.62. The third kappa shape index (κ3) is 2.83. The third-order valence-electron chi connectivity index (χ3n) is 2.70. The van der Waals surface area contributed by atoms with E-state index in [1.165, 1.54) is 0 Å². The summed E-state index contributed by atoms with van der Waals surface area (Å²) >= 11 is 16.2. The number of hydrogen-bond donors (Lipinski definition) is 2. The van der Waals surface area contributed by atoms with Crippen molar-refractivity contribution >= 4 is 35.8 Å². The maximum absolute atomic E-state index is 10.7. The Labute approximate surface area is 121 Å². The predicted octanol–water partition coefficient (Wildman–Crippen LogP) is 3.01. The van der Waals surface area contributed by atoms with Crippen molar-refractivity contribution in [3.05, 3.63) is 52.5 Å². The van der Waals surface area contributed by atoms with Gasteiger partial charge < -0.3 is 9.67 Å². The monoisotopic (exact) mass is 302 g/mol. The van der Waals surface area contributed by atoms with Crippen LogP contribution in [0.4, 0.5) is 0 Å². The van der Waals surface area contributed by atoms with Crippen LogP contribution in [0.15, 0.2) is 36.9 Å². The Balaban J connectivity index is 2.36. The van der Waals surface area contributed by atoms with Gasteiger partial charge in [-0.05, 0) is 12.1 Å². The molecular weight excluding hydrogens is 291 g/mol. The van der Waals surface area contributed by atoms with Crippen LogP contribution in [0.2, 0.25) is 10.0 Å². The Morgan fingerprint density at radius 2 is 2.17 bits per heavy atom. The SMILES string of the molecule is O[C@@](CS)(Cn1ccnc1)c1ccc(Cl)cc1Cl. The van der Waals surface area contributed by atoms with Crippen LogP contribution in [0.25, 0.3) is 0 Å². The lowest BCUT2D eigenvalue weighted by Crippen LogP contribution is -2.33. The molecule has 1 N–H and O–H groups in total. The number of thiol groups is 1. The van der Waals surface area contributed by atoms with Crippen LogP contribution >= 0.6 is 35.8 Å². The number of benzene rings is 1. The molecule has 3 nitrogen and oxygen atoms in total. The first kappa shape index (κ1) is 13.7. The Morgan fingerprint density at radius 3 is 2.72 bits per heavy atom. The summed E-state index contributed by atoms with van der Waals surface area (Å²) in [6, 6.07) is 5.03. The van der Waals surface area contributed by atoms with Gasteiger partial charge >= 0.3 is 0 Å². The minimum Gasteiger partial charge on any atom is -0.382 e. The van der Waals surface area contributed by atoms with Gasteiger partial charge in [0.25, 0.3) is 0 Å². The van der Waals surface area contributed by atoms with Crippen molar-refractivity contribution in [3.8, 4) is 0 Å². The number of aromatic nitrogens is 2. The molecule has 0 bridgehead atoms. The molecule has 0 unspecified atom stereocenters. The number of imidazole rings is 1. The number of hydrogen-bond acceptors (Lipinski definition) is 3. The molecule has 0 saturated carbocycles. The Morgan fingerprint density at radius 1 is 1.39 bits per heavy atom. The second-order valence-electron chi connectivity index (χ2n) is 4.05.